The van der Waals surface area contributed by atoms with E-state index in [2.05, 4.69) is 31.9 Å². The van der Waals surface area contributed by atoms with Gasteiger partial charge in [-0.05, 0) is 49.4 Å². The van der Waals surface area contributed by atoms with Crippen molar-refractivity contribution < 1.29 is 14.3 Å². The molecule has 0 spiro atoms. The van der Waals surface area contributed by atoms with Crippen molar-refractivity contribution in [2.45, 2.75) is 37.4 Å². The van der Waals surface area contributed by atoms with Crippen LogP contribution in [0.25, 0.3) is 0 Å². The van der Waals surface area contributed by atoms with E-state index in [1.165, 1.54) is 0 Å². The first-order valence-corrected chi connectivity index (χ1v) is 11.0. The first-order valence-electron chi connectivity index (χ1n) is 10.0. The third-order valence-electron chi connectivity index (χ3n) is 5.39. The number of hydrogen-bond acceptors (Lipinski definition) is 7. The molecular weight excluding hydrogens is 390 g/mol. The van der Waals surface area contributed by atoms with Gasteiger partial charge >= 0.3 is 0 Å². The Morgan fingerprint density at radius 3 is 2.83 bits per heavy atom. The number of carbonyl (C=O) groups excluding carboxylic acids is 1. The van der Waals surface area contributed by atoms with Gasteiger partial charge in [-0.25, -0.2) is 0 Å². The van der Waals surface area contributed by atoms with Crippen LogP contribution in [0, 0.1) is 0 Å². The van der Waals surface area contributed by atoms with Gasteiger partial charge in [0.2, 0.25) is 12.7 Å². The third kappa shape index (κ3) is 4.67. The Balaban J connectivity index is 1.23. The number of likely N-dealkylation sites (tertiary alicyclic amines) is 1. The molecule has 2 aromatic rings. The molecule has 0 atom stereocenters. The lowest BCUT2D eigenvalue weighted by molar-refractivity contribution is -0.122. The molecule has 1 saturated heterocycles. The average molecular weight is 418 g/mol. The van der Waals surface area contributed by atoms with Crippen molar-refractivity contribution in [3.8, 4) is 11.5 Å². The fraction of sp³-hybridized carbons (Fsp3) is 0.550. The lowest BCUT2D eigenvalue weighted by Gasteiger charge is -2.30. The standard InChI is InChI=1S/C20H27N5O3S/c1-3-29-20-23-22-19(24(20)2)15-6-8-25(9-7-15)12-18(26)21-11-14-4-5-16-17(10-14)28-13-27-16/h4-5,10,15H,3,6-9,11-13H2,1-2H3,(H,21,26). The Bertz CT molecular complexity index is 864. The summed E-state index contributed by atoms with van der Waals surface area (Å²) in [6.07, 6.45) is 2.00. The average Bonchev–Trinajstić information content (AvgIpc) is 3.34. The van der Waals surface area contributed by atoms with Crippen LogP contribution in [0.4, 0.5) is 0 Å². The van der Waals surface area contributed by atoms with Crippen molar-refractivity contribution in [2.24, 2.45) is 7.05 Å². The molecule has 4 rings (SSSR count). The molecule has 1 aromatic heterocycles. The second kappa shape index (κ2) is 9.04. The molecule has 1 aromatic carbocycles. The van der Waals surface area contributed by atoms with Crippen LogP contribution >= 0.6 is 11.8 Å². The van der Waals surface area contributed by atoms with Crippen molar-refractivity contribution in [1.29, 1.82) is 0 Å². The molecular formula is C20H27N5O3S. The summed E-state index contributed by atoms with van der Waals surface area (Å²) in [4.78, 5) is 14.6. The van der Waals surface area contributed by atoms with Crippen LogP contribution in [0.3, 0.4) is 0 Å². The number of hydrogen-bond donors (Lipinski definition) is 1. The molecule has 156 valence electrons. The van der Waals surface area contributed by atoms with Crippen LogP contribution in [0.2, 0.25) is 0 Å². The number of amides is 1. The van der Waals surface area contributed by atoms with Crippen molar-refractivity contribution in [1.82, 2.24) is 25.0 Å². The van der Waals surface area contributed by atoms with Crippen LogP contribution < -0.4 is 14.8 Å². The summed E-state index contributed by atoms with van der Waals surface area (Å²) >= 11 is 1.72. The van der Waals surface area contributed by atoms with Gasteiger partial charge in [-0.3, -0.25) is 9.69 Å². The molecule has 1 amide bonds. The molecule has 1 N–H and O–H groups in total. The van der Waals surface area contributed by atoms with Crippen LogP contribution in [0.15, 0.2) is 23.4 Å². The van der Waals surface area contributed by atoms with Gasteiger partial charge in [-0.15, -0.1) is 10.2 Å². The zero-order valence-corrected chi connectivity index (χ0v) is 17.7. The molecule has 2 aliphatic heterocycles. The predicted octanol–water partition coefficient (Wildman–Crippen LogP) is 2.15. The van der Waals surface area contributed by atoms with E-state index in [1.807, 2.05) is 25.2 Å². The lowest BCUT2D eigenvalue weighted by atomic mass is 9.96. The zero-order valence-electron chi connectivity index (χ0n) is 16.9. The Morgan fingerprint density at radius 1 is 1.24 bits per heavy atom. The van der Waals surface area contributed by atoms with Crippen molar-refractivity contribution >= 4 is 17.7 Å². The van der Waals surface area contributed by atoms with E-state index in [0.717, 1.165) is 59.7 Å². The quantitative estimate of drug-likeness (QED) is 0.691. The number of nitrogens with zero attached hydrogens (tertiary/aromatic N) is 4. The summed E-state index contributed by atoms with van der Waals surface area (Å²) in [6, 6.07) is 5.75. The summed E-state index contributed by atoms with van der Waals surface area (Å²) in [7, 11) is 2.04. The topological polar surface area (TPSA) is 81.5 Å². The summed E-state index contributed by atoms with van der Waals surface area (Å²) in [5.74, 6) is 4.00. The first-order chi connectivity index (χ1) is 14.1. The van der Waals surface area contributed by atoms with E-state index in [-0.39, 0.29) is 12.7 Å². The summed E-state index contributed by atoms with van der Waals surface area (Å²) in [5, 5.41) is 12.7. The van der Waals surface area contributed by atoms with E-state index in [1.54, 1.807) is 11.8 Å². The number of fused-ring (bicyclic) bond motifs is 1. The van der Waals surface area contributed by atoms with Gasteiger partial charge in [0.15, 0.2) is 16.7 Å². The normalized spacial score (nSPS) is 16.9. The Hall–Kier alpha value is -2.26. The minimum atomic E-state index is 0.0430. The number of rotatable bonds is 7. The largest absolute Gasteiger partial charge is 0.454 e. The van der Waals surface area contributed by atoms with Crippen LogP contribution in [-0.4, -0.2) is 57.8 Å². The molecule has 0 bridgehead atoms. The Labute approximate surface area is 175 Å². The molecule has 8 nitrogen and oxygen atoms in total. The highest BCUT2D eigenvalue weighted by molar-refractivity contribution is 7.99. The van der Waals surface area contributed by atoms with Gasteiger partial charge in [0, 0.05) is 19.5 Å². The number of carbonyl (C=O) groups is 1. The van der Waals surface area contributed by atoms with Crippen LogP contribution in [0.1, 0.15) is 37.1 Å². The molecule has 0 unspecified atom stereocenters. The molecule has 9 heteroatoms. The maximum absolute atomic E-state index is 12.4. The summed E-state index contributed by atoms with van der Waals surface area (Å²) in [6.45, 7) is 5.08. The van der Waals surface area contributed by atoms with Gasteiger partial charge < -0.3 is 19.4 Å². The molecule has 0 radical (unpaired) electrons. The minimum Gasteiger partial charge on any atom is -0.454 e. The summed E-state index contributed by atoms with van der Waals surface area (Å²) < 4.78 is 12.8. The van der Waals surface area contributed by atoms with Crippen LogP contribution in [-0.2, 0) is 18.4 Å². The fourth-order valence-electron chi connectivity index (χ4n) is 3.80. The maximum Gasteiger partial charge on any atom is 0.234 e. The second-order valence-electron chi connectivity index (χ2n) is 7.35. The number of thioether (sulfide) groups is 1. The zero-order chi connectivity index (χ0) is 20.2. The van der Waals surface area contributed by atoms with Crippen molar-refractivity contribution in [2.75, 3.05) is 32.2 Å². The Kier molecular flexibility index (Phi) is 6.25. The number of piperidine rings is 1. The SMILES string of the molecule is CCSc1nnc(C2CCN(CC(=O)NCc3ccc4c(c3)OCO4)CC2)n1C. The van der Waals surface area contributed by atoms with Crippen molar-refractivity contribution in [3.63, 3.8) is 0 Å². The van der Waals surface area contributed by atoms with E-state index >= 15 is 0 Å². The molecule has 1 fully saturated rings. The maximum atomic E-state index is 12.4. The molecule has 0 aliphatic carbocycles. The lowest BCUT2D eigenvalue weighted by Crippen LogP contribution is -2.41. The predicted molar refractivity (Wildman–Crippen MR) is 110 cm³/mol. The number of benzene rings is 1. The van der Waals surface area contributed by atoms with Gasteiger partial charge in [0.1, 0.15) is 5.82 Å². The second-order valence-corrected chi connectivity index (χ2v) is 8.58. The van der Waals surface area contributed by atoms with Gasteiger partial charge in [0.25, 0.3) is 0 Å². The monoisotopic (exact) mass is 417 g/mol. The smallest absolute Gasteiger partial charge is 0.234 e. The van der Waals surface area contributed by atoms with Crippen molar-refractivity contribution in [3.05, 3.63) is 29.6 Å². The molecule has 3 heterocycles. The minimum absolute atomic E-state index is 0.0430. The Morgan fingerprint density at radius 2 is 2.03 bits per heavy atom. The van der Waals surface area contributed by atoms with E-state index < -0.39 is 0 Å². The highest BCUT2D eigenvalue weighted by Gasteiger charge is 2.26. The van der Waals surface area contributed by atoms with Gasteiger partial charge in [0.05, 0.1) is 6.54 Å². The van der Waals surface area contributed by atoms with E-state index in [0.29, 0.717) is 19.0 Å². The van der Waals surface area contributed by atoms with E-state index in [4.69, 9.17) is 9.47 Å². The third-order valence-corrected chi connectivity index (χ3v) is 6.29. The number of nitrogens with one attached hydrogen (secondary N) is 1. The van der Waals surface area contributed by atoms with E-state index in [9.17, 15) is 4.79 Å². The van der Waals surface area contributed by atoms with Gasteiger partial charge in [-0.1, -0.05) is 24.8 Å². The van der Waals surface area contributed by atoms with Crippen LogP contribution in [0.5, 0.6) is 11.5 Å². The summed E-state index contributed by atoms with van der Waals surface area (Å²) in [5.41, 5.74) is 1.00. The highest BCUT2D eigenvalue weighted by atomic mass is 32.2. The molecule has 0 saturated carbocycles. The fourth-order valence-corrected chi connectivity index (χ4v) is 4.44. The number of aromatic nitrogens is 3. The van der Waals surface area contributed by atoms with Gasteiger partial charge in [-0.2, -0.15) is 0 Å². The first kappa shape index (κ1) is 20.0. The highest BCUT2D eigenvalue weighted by Crippen LogP contribution is 2.32. The number of ether oxygens (including phenoxy) is 2. The molecule has 29 heavy (non-hydrogen) atoms. The molecule has 2 aliphatic rings.